The lowest BCUT2D eigenvalue weighted by molar-refractivity contribution is 0.102. The van der Waals surface area contributed by atoms with Crippen molar-refractivity contribution in [1.29, 1.82) is 0 Å². The second-order valence-electron chi connectivity index (χ2n) is 4.41. The number of aromatic nitrogens is 1. The Balaban J connectivity index is 2.07. The average molecular weight is 350 g/mol. The van der Waals surface area contributed by atoms with Gasteiger partial charge in [-0.3, -0.25) is 4.79 Å². The molecule has 1 aromatic heterocycles. The van der Waals surface area contributed by atoms with Crippen LogP contribution in [0.4, 0.5) is 11.5 Å². The molecule has 0 bridgehead atoms. The van der Waals surface area contributed by atoms with E-state index in [1.165, 1.54) is 0 Å². The maximum absolute atomic E-state index is 12.2. The molecule has 0 aliphatic heterocycles. The largest absolute Gasteiger partial charge is 0.494 e. The van der Waals surface area contributed by atoms with Crippen molar-refractivity contribution >= 4 is 33.3 Å². The number of benzene rings is 1. The van der Waals surface area contributed by atoms with E-state index in [0.717, 1.165) is 12.2 Å². The molecular weight excluding hydrogens is 334 g/mol. The molecule has 1 heterocycles. The third-order valence-electron chi connectivity index (χ3n) is 2.71. The van der Waals surface area contributed by atoms with Gasteiger partial charge in [-0.05, 0) is 52.7 Å². The summed E-state index contributed by atoms with van der Waals surface area (Å²) in [5.41, 5.74) is 6.71. The van der Waals surface area contributed by atoms with E-state index in [-0.39, 0.29) is 11.7 Å². The zero-order valence-corrected chi connectivity index (χ0v) is 13.2. The summed E-state index contributed by atoms with van der Waals surface area (Å²) in [6.45, 7) is 2.72. The number of rotatable bonds is 5. The van der Waals surface area contributed by atoms with Crippen LogP contribution < -0.4 is 15.8 Å². The first-order valence-electron chi connectivity index (χ1n) is 6.55. The molecule has 0 aliphatic carbocycles. The SMILES string of the molecule is CCCOc1ccc(NC(=O)c2cc(Br)cnc2N)cc1. The molecule has 0 spiro atoms. The summed E-state index contributed by atoms with van der Waals surface area (Å²) in [6, 6.07) is 8.83. The molecule has 5 nitrogen and oxygen atoms in total. The van der Waals surface area contributed by atoms with Crippen LogP contribution in [0.5, 0.6) is 5.75 Å². The zero-order chi connectivity index (χ0) is 15.2. The number of carbonyl (C=O) groups excluding carboxylic acids is 1. The number of halogens is 1. The van der Waals surface area contributed by atoms with Crippen molar-refractivity contribution < 1.29 is 9.53 Å². The third kappa shape index (κ3) is 4.19. The number of hydrogen-bond donors (Lipinski definition) is 2. The summed E-state index contributed by atoms with van der Waals surface area (Å²) in [5.74, 6) is 0.667. The topological polar surface area (TPSA) is 77.2 Å². The van der Waals surface area contributed by atoms with Gasteiger partial charge >= 0.3 is 0 Å². The number of pyridine rings is 1. The Morgan fingerprint density at radius 1 is 1.38 bits per heavy atom. The highest BCUT2D eigenvalue weighted by atomic mass is 79.9. The molecule has 0 saturated carbocycles. The number of nitrogens with one attached hydrogen (secondary N) is 1. The quantitative estimate of drug-likeness (QED) is 0.866. The van der Waals surface area contributed by atoms with Gasteiger partial charge in [-0.25, -0.2) is 4.98 Å². The molecule has 0 saturated heterocycles. The number of ether oxygens (including phenoxy) is 1. The van der Waals surface area contributed by atoms with Crippen LogP contribution in [-0.2, 0) is 0 Å². The molecule has 2 aromatic rings. The minimum atomic E-state index is -0.302. The summed E-state index contributed by atoms with van der Waals surface area (Å²) >= 11 is 3.27. The van der Waals surface area contributed by atoms with Crippen molar-refractivity contribution in [3.63, 3.8) is 0 Å². The van der Waals surface area contributed by atoms with E-state index in [4.69, 9.17) is 10.5 Å². The van der Waals surface area contributed by atoms with E-state index in [9.17, 15) is 4.79 Å². The zero-order valence-electron chi connectivity index (χ0n) is 11.6. The number of amides is 1. The number of nitrogens with zero attached hydrogens (tertiary/aromatic N) is 1. The van der Waals surface area contributed by atoms with Gasteiger partial charge in [0.05, 0.1) is 12.2 Å². The average Bonchev–Trinajstić information content (AvgIpc) is 2.49. The Labute approximate surface area is 131 Å². The lowest BCUT2D eigenvalue weighted by Crippen LogP contribution is -2.14. The fraction of sp³-hybridized carbons (Fsp3) is 0.200. The first-order chi connectivity index (χ1) is 10.1. The Hall–Kier alpha value is -2.08. The van der Waals surface area contributed by atoms with E-state index >= 15 is 0 Å². The van der Waals surface area contributed by atoms with Crippen LogP contribution in [0.25, 0.3) is 0 Å². The third-order valence-corrected chi connectivity index (χ3v) is 3.15. The highest BCUT2D eigenvalue weighted by Crippen LogP contribution is 2.19. The molecule has 2 rings (SSSR count). The van der Waals surface area contributed by atoms with Gasteiger partial charge in [-0.2, -0.15) is 0 Å². The first kappa shape index (κ1) is 15.3. The summed E-state index contributed by atoms with van der Waals surface area (Å²) in [5, 5.41) is 2.77. The molecule has 0 radical (unpaired) electrons. The number of nitrogen functional groups attached to an aromatic ring is 1. The van der Waals surface area contributed by atoms with Gasteiger partial charge < -0.3 is 15.8 Å². The van der Waals surface area contributed by atoms with Gasteiger partial charge in [-0.1, -0.05) is 6.92 Å². The van der Waals surface area contributed by atoms with E-state index in [1.54, 1.807) is 24.4 Å². The van der Waals surface area contributed by atoms with Crippen molar-refractivity contribution in [3.05, 3.63) is 46.6 Å². The van der Waals surface area contributed by atoms with Crippen molar-refractivity contribution in [2.75, 3.05) is 17.7 Å². The number of anilines is 2. The molecule has 1 aromatic carbocycles. The van der Waals surface area contributed by atoms with Crippen molar-refractivity contribution in [3.8, 4) is 5.75 Å². The second-order valence-corrected chi connectivity index (χ2v) is 5.33. The fourth-order valence-electron chi connectivity index (χ4n) is 1.68. The van der Waals surface area contributed by atoms with Gasteiger partial charge in [0.1, 0.15) is 11.6 Å². The predicted molar refractivity (Wildman–Crippen MR) is 86.5 cm³/mol. The lowest BCUT2D eigenvalue weighted by Gasteiger charge is -2.09. The molecule has 1 amide bonds. The highest BCUT2D eigenvalue weighted by Gasteiger charge is 2.11. The van der Waals surface area contributed by atoms with E-state index in [0.29, 0.717) is 22.3 Å². The summed E-state index contributed by atoms with van der Waals surface area (Å²) in [4.78, 5) is 16.1. The number of carbonyl (C=O) groups is 1. The molecule has 3 N–H and O–H groups in total. The van der Waals surface area contributed by atoms with Crippen LogP contribution in [0.2, 0.25) is 0 Å². The second kappa shape index (κ2) is 7.08. The van der Waals surface area contributed by atoms with E-state index in [2.05, 4.69) is 26.2 Å². The fourth-order valence-corrected chi connectivity index (χ4v) is 2.02. The smallest absolute Gasteiger partial charge is 0.259 e. The Bertz CT molecular complexity index is 629. The van der Waals surface area contributed by atoms with Crippen LogP contribution in [0.1, 0.15) is 23.7 Å². The van der Waals surface area contributed by atoms with E-state index in [1.807, 2.05) is 19.1 Å². The maximum Gasteiger partial charge on any atom is 0.259 e. The Morgan fingerprint density at radius 3 is 2.76 bits per heavy atom. The van der Waals surface area contributed by atoms with Crippen LogP contribution >= 0.6 is 15.9 Å². The minimum Gasteiger partial charge on any atom is -0.494 e. The summed E-state index contributed by atoms with van der Waals surface area (Å²) in [6.07, 6.45) is 2.50. The molecule has 110 valence electrons. The summed E-state index contributed by atoms with van der Waals surface area (Å²) < 4.78 is 6.18. The maximum atomic E-state index is 12.2. The predicted octanol–water partition coefficient (Wildman–Crippen LogP) is 3.47. The van der Waals surface area contributed by atoms with Crippen molar-refractivity contribution in [1.82, 2.24) is 4.98 Å². The van der Waals surface area contributed by atoms with Gasteiger partial charge in [0.15, 0.2) is 0 Å². The molecule has 6 heteroatoms. The summed E-state index contributed by atoms with van der Waals surface area (Å²) in [7, 11) is 0. The van der Waals surface area contributed by atoms with Crippen molar-refractivity contribution in [2.24, 2.45) is 0 Å². The van der Waals surface area contributed by atoms with Crippen LogP contribution in [0, 0.1) is 0 Å². The normalized spacial score (nSPS) is 10.2. The highest BCUT2D eigenvalue weighted by molar-refractivity contribution is 9.10. The number of hydrogen-bond acceptors (Lipinski definition) is 4. The molecule has 0 aliphatic rings. The van der Waals surface area contributed by atoms with Gasteiger partial charge in [-0.15, -0.1) is 0 Å². The lowest BCUT2D eigenvalue weighted by atomic mass is 10.2. The van der Waals surface area contributed by atoms with Gasteiger partial charge in [0.2, 0.25) is 0 Å². The molecular formula is C15H16BrN3O2. The Kier molecular flexibility index (Phi) is 5.16. The number of nitrogens with two attached hydrogens (primary N) is 1. The van der Waals surface area contributed by atoms with Crippen LogP contribution in [-0.4, -0.2) is 17.5 Å². The van der Waals surface area contributed by atoms with Crippen molar-refractivity contribution in [2.45, 2.75) is 13.3 Å². The van der Waals surface area contributed by atoms with Crippen LogP contribution in [0.3, 0.4) is 0 Å². The molecule has 21 heavy (non-hydrogen) atoms. The standard InChI is InChI=1S/C15H16BrN3O2/c1-2-7-21-12-5-3-11(4-6-12)19-15(20)13-8-10(16)9-18-14(13)17/h3-6,8-9H,2,7H2,1H3,(H2,17,18)(H,19,20). The van der Waals surface area contributed by atoms with Gasteiger partial charge in [0, 0.05) is 16.4 Å². The van der Waals surface area contributed by atoms with Crippen LogP contribution in [0.15, 0.2) is 41.0 Å². The van der Waals surface area contributed by atoms with Gasteiger partial charge in [0.25, 0.3) is 5.91 Å². The monoisotopic (exact) mass is 349 g/mol. The molecule has 0 unspecified atom stereocenters. The molecule has 0 atom stereocenters. The minimum absolute atomic E-state index is 0.193. The van der Waals surface area contributed by atoms with E-state index < -0.39 is 0 Å². The Morgan fingerprint density at radius 2 is 2.10 bits per heavy atom. The molecule has 0 fully saturated rings. The first-order valence-corrected chi connectivity index (χ1v) is 7.34.